The van der Waals surface area contributed by atoms with E-state index in [0.717, 1.165) is 18.8 Å². The number of hydrogen-bond acceptors (Lipinski definition) is 2. The van der Waals surface area contributed by atoms with Gasteiger partial charge in [-0.1, -0.05) is 27.7 Å². The molecule has 0 aromatic rings. The van der Waals surface area contributed by atoms with Gasteiger partial charge in [-0.2, -0.15) is 6.20 Å². The van der Waals surface area contributed by atoms with Gasteiger partial charge in [0.15, 0.2) is 0 Å². The molecule has 0 aromatic heterocycles. The Morgan fingerprint density at radius 1 is 1.41 bits per heavy atom. The van der Waals surface area contributed by atoms with E-state index < -0.39 is 0 Å². The Morgan fingerprint density at radius 3 is 2.18 bits per heavy atom. The monoisotopic (exact) mass is 313 g/mol. The molecule has 0 aliphatic heterocycles. The number of rotatable bonds is 3. The summed E-state index contributed by atoms with van der Waals surface area (Å²) in [6, 6.07) is 0.0994. The Kier molecular flexibility index (Phi) is 5.54. The van der Waals surface area contributed by atoms with E-state index in [9.17, 15) is 4.79 Å². The minimum absolute atomic E-state index is 0. The number of carbonyl (C=O) groups is 1. The first-order valence-corrected chi connectivity index (χ1v) is 5.43. The molecule has 0 unspecified atom stereocenters. The number of carbonyl (C=O) groups excluding carboxylic acids is 1. The molecule has 0 spiro atoms. The molecule has 1 amide bonds. The van der Waals surface area contributed by atoms with E-state index in [1.54, 1.807) is 0 Å². The van der Waals surface area contributed by atoms with Crippen LogP contribution in [0.1, 0.15) is 35.5 Å². The van der Waals surface area contributed by atoms with Gasteiger partial charge >= 0.3 is 0 Å². The Labute approximate surface area is 130 Å². The van der Waals surface area contributed by atoms with Gasteiger partial charge in [0, 0.05) is 52.0 Å². The van der Waals surface area contributed by atoms with Gasteiger partial charge in [-0.15, -0.1) is 0 Å². The first-order valence-electron chi connectivity index (χ1n) is 5.43. The van der Waals surface area contributed by atoms with Gasteiger partial charge in [0.2, 0.25) is 0 Å². The zero-order valence-corrected chi connectivity index (χ0v) is 13.8. The van der Waals surface area contributed by atoms with Crippen LogP contribution in [0.2, 0.25) is 0 Å². The van der Waals surface area contributed by atoms with Crippen LogP contribution in [0.3, 0.4) is 0 Å². The molecule has 1 aliphatic rings. The fraction of sp³-hybridized carbons (Fsp3) is 0.667. The first-order chi connectivity index (χ1) is 7.24. The fourth-order valence-electron chi connectivity index (χ4n) is 3.08. The van der Waals surface area contributed by atoms with Crippen LogP contribution in [0, 0.1) is 16.2 Å². The molecule has 0 atom stereocenters. The van der Waals surface area contributed by atoms with Crippen molar-refractivity contribution in [3.8, 4) is 0 Å². The second-order valence-corrected chi connectivity index (χ2v) is 5.80. The summed E-state index contributed by atoms with van der Waals surface area (Å²) < 4.78 is 0. The van der Waals surface area contributed by atoms with Crippen LogP contribution in [-0.2, 0) is 37.5 Å². The summed E-state index contributed by atoms with van der Waals surface area (Å²) in [6.07, 6.45) is 2.90. The molecular weight excluding hydrogens is 291 g/mol. The fourth-order valence-corrected chi connectivity index (χ4v) is 3.08. The molecule has 17 heavy (non-hydrogen) atoms. The van der Waals surface area contributed by atoms with Crippen molar-refractivity contribution in [3.63, 3.8) is 0 Å². The van der Waals surface area contributed by atoms with Crippen molar-refractivity contribution in [1.82, 2.24) is 5.32 Å². The average molecular weight is 313 g/mol. The summed E-state index contributed by atoms with van der Waals surface area (Å²) in [5.41, 5.74) is 7.31. The summed E-state index contributed by atoms with van der Waals surface area (Å²) in [7, 11) is 0. The molecular formula is C12H22N3OY-. The number of amides is 1. The first kappa shape index (κ1) is 16.8. The summed E-state index contributed by atoms with van der Waals surface area (Å²) in [5.74, 6) is -0.323. The minimum Gasteiger partial charge on any atom is -0.704 e. The Morgan fingerprint density at radius 2 is 1.88 bits per heavy atom. The van der Waals surface area contributed by atoms with Crippen molar-refractivity contribution < 1.29 is 38.9 Å². The van der Waals surface area contributed by atoms with Crippen molar-refractivity contribution in [2.24, 2.45) is 10.8 Å². The molecule has 4 nitrogen and oxygen atoms in total. The maximum absolute atomic E-state index is 11.7. The molecule has 5 heteroatoms. The van der Waals surface area contributed by atoms with E-state index in [4.69, 9.17) is 11.1 Å². The summed E-state index contributed by atoms with van der Waals surface area (Å²) in [5, 5.41) is 9.95. The topological polar surface area (TPSA) is 76.8 Å². The van der Waals surface area contributed by atoms with Crippen LogP contribution in [0.4, 0.5) is 0 Å². The summed E-state index contributed by atoms with van der Waals surface area (Å²) in [4.78, 5) is 11.7. The molecule has 3 N–H and O–H groups in total. The average Bonchev–Trinajstić information content (AvgIpc) is 2.14. The van der Waals surface area contributed by atoms with Gasteiger partial charge in [0.1, 0.15) is 0 Å². The van der Waals surface area contributed by atoms with Gasteiger partial charge in [-0.05, 0) is 17.3 Å². The van der Waals surface area contributed by atoms with Crippen LogP contribution >= 0.6 is 0 Å². The van der Waals surface area contributed by atoms with E-state index in [-0.39, 0.29) is 62.5 Å². The van der Waals surface area contributed by atoms with Crippen molar-refractivity contribution in [2.75, 3.05) is 0 Å². The Hall–Kier alpha value is -0.216. The summed E-state index contributed by atoms with van der Waals surface area (Å²) in [6.45, 7) is 8.49. The van der Waals surface area contributed by atoms with Crippen LogP contribution in [0.25, 0.3) is 5.73 Å². The van der Waals surface area contributed by atoms with Crippen molar-refractivity contribution in [2.45, 2.75) is 40.2 Å². The molecule has 1 saturated carbocycles. The number of nitrogens with one attached hydrogen (secondary N) is 3. The standard InChI is InChI=1S/C12H21N3O.Y.H2/c1-11(2)7-12(3,4)10(11)15-9(16)8(5-13)6-14;;/h5-6,10H,7H2,1-4H3,(H4,13,14,15,16);;1H/p-1. The molecule has 0 heterocycles. The maximum atomic E-state index is 11.7. The molecule has 0 bridgehead atoms. The van der Waals surface area contributed by atoms with E-state index in [1.807, 2.05) is 0 Å². The normalized spacial score (nSPS) is 22.0. The molecule has 0 aromatic carbocycles. The second kappa shape index (κ2) is 5.62. The molecule has 1 aliphatic carbocycles. The van der Waals surface area contributed by atoms with Gasteiger partial charge in [0.25, 0.3) is 5.91 Å². The Balaban J connectivity index is 0. The van der Waals surface area contributed by atoms with Crippen LogP contribution in [0.5, 0.6) is 0 Å². The third-order valence-electron chi connectivity index (χ3n) is 3.32. The van der Waals surface area contributed by atoms with E-state index >= 15 is 0 Å². The number of hydrogen-bond donors (Lipinski definition) is 2. The smallest absolute Gasteiger partial charge is 0.251 e. The van der Waals surface area contributed by atoms with E-state index in [1.165, 1.54) is 0 Å². The molecule has 1 rings (SSSR count). The van der Waals surface area contributed by atoms with Crippen molar-refractivity contribution in [3.05, 3.63) is 17.5 Å². The van der Waals surface area contributed by atoms with E-state index in [0.29, 0.717) is 0 Å². The van der Waals surface area contributed by atoms with E-state index in [2.05, 4.69) is 33.0 Å². The van der Waals surface area contributed by atoms with Crippen molar-refractivity contribution in [1.29, 1.82) is 5.41 Å². The predicted molar refractivity (Wildman–Crippen MR) is 67.4 cm³/mol. The van der Waals surface area contributed by atoms with Crippen LogP contribution < -0.4 is 5.32 Å². The van der Waals surface area contributed by atoms with Crippen LogP contribution in [-0.4, -0.2) is 18.2 Å². The van der Waals surface area contributed by atoms with Gasteiger partial charge in [-0.25, -0.2) is 0 Å². The third-order valence-corrected chi connectivity index (χ3v) is 3.32. The molecule has 1 radical (unpaired) electrons. The predicted octanol–water partition coefficient (Wildman–Crippen LogP) is 2.76. The molecule has 0 saturated heterocycles. The third kappa shape index (κ3) is 3.38. The SMILES string of the molecule is CC1(C)CC(C)(C)C1NC(=O)/C(C=N)=C/[NH-].[HH].[Y]. The molecule has 1 fully saturated rings. The zero-order valence-electron chi connectivity index (χ0n) is 10.9. The van der Waals surface area contributed by atoms with Gasteiger partial charge < -0.3 is 16.5 Å². The largest absolute Gasteiger partial charge is 0.704 e. The van der Waals surface area contributed by atoms with Crippen LogP contribution in [0.15, 0.2) is 11.8 Å². The quantitative estimate of drug-likeness (QED) is 0.610. The zero-order chi connectivity index (χ0) is 12.6. The summed E-state index contributed by atoms with van der Waals surface area (Å²) >= 11 is 0. The minimum atomic E-state index is -0.323. The van der Waals surface area contributed by atoms with Crippen molar-refractivity contribution >= 4 is 12.1 Å². The Bertz CT molecular complexity index is 339. The maximum Gasteiger partial charge on any atom is 0.251 e. The van der Waals surface area contributed by atoms with Gasteiger partial charge in [0.05, 0.1) is 0 Å². The second-order valence-electron chi connectivity index (χ2n) is 5.80. The van der Waals surface area contributed by atoms with Gasteiger partial charge in [-0.3, -0.25) is 4.79 Å². The molecule has 95 valence electrons.